The number of hydrogen-bond acceptors (Lipinski definition) is 5. The van der Waals surface area contributed by atoms with E-state index in [-0.39, 0.29) is 0 Å². The fourth-order valence-corrected chi connectivity index (χ4v) is 1.32. The number of nitrogens with zero attached hydrogens (tertiary/aromatic N) is 1. The third-order valence-corrected chi connectivity index (χ3v) is 2.22. The van der Waals surface area contributed by atoms with Crippen LogP contribution >= 0.6 is 11.8 Å². The molecule has 0 aliphatic carbocycles. The van der Waals surface area contributed by atoms with Crippen LogP contribution in [-0.2, 0) is 4.74 Å². The Bertz CT molecular complexity index is 328. The lowest BCUT2D eigenvalue weighted by Crippen LogP contribution is -2.03. The quantitative estimate of drug-likeness (QED) is 0.571. The second kappa shape index (κ2) is 4.13. The molecule has 0 amide bonds. The van der Waals surface area contributed by atoms with Gasteiger partial charge in [0.2, 0.25) is 0 Å². The number of hydrogen-bond donors (Lipinski definition) is 1. The third-order valence-electron chi connectivity index (χ3n) is 1.49. The molecule has 0 bridgehead atoms. The molecule has 13 heavy (non-hydrogen) atoms. The van der Waals surface area contributed by atoms with Gasteiger partial charge in [-0.1, -0.05) is 0 Å². The van der Waals surface area contributed by atoms with Crippen LogP contribution in [0.4, 0.5) is 5.69 Å². The lowest BCUT2D eigenvalue weighted by atomic mass is 10.3. The number of ether oxygens (including phenoxy) is 1. The number of rotatable bonds is 2. The molecule has 1 aromatic rings. The van der Waals surface area contributed by atoms with Gasteiger partial charge < -0.3 is 10.5 Å². The van der Waals surface area contributed by atoms with Crippen LogP contribution in [0.25, 0.3) is 0 Å². The molecular weight excluding hydrogens is 188 g/mol. The molecular formula is C8H10N2O2S. The zero-order valence-corrected chi connectivity index (χ0v) is 8.22. The fraction of sp³-hybridized carbons (Fsp3) is 0.250. The van der Waals surface area contributed by atoms with Crippen LogP contribution in [0.2, 0.25) is 0 Å². The summed E-state index contributed by atoms with van der Waals surface area (Å²) < 4.78 is 4.52. The average Bonchev–Trinajstić information content (AvgIpc) is 2.16. The molecule has 0 spiro atoms. The number of carbonyl (C=O) groups excluding carboxylic acids is 1. The summed E-state index contributed by atoms with van der Waals surface area (Å²) in [6.07, 6.45) is 3.32. The van der Waals surface area contributed by atoms with Gasteiger partial charge in [-0.3, -0.25) is 0 Å². The van der Waals surface area contributed by atoms with Crippen molar-refractivity contribution in [1.29, 1.82) is 0 Å². The summed E-state index contributed by atoms with van der Waals surface area (Å²) in [7, 11) is 1.32. The van der Waals surface area contributed by atoms with Crippen LogP contribution < -0.4 is 5.73 Å². The number of aromatic nitrogens is 1. The van der Waals surface area contributed by atoms with Crippen molar-refractivity contribution in [3.63, 3.8) is 0 Å². The number of methoxy groups -OCH3 is 1. The Morgan fingerprint density at radius 2 is 2.38 bits per heavy atom. The second-order valence-corrected chi connectivity index (χ2v) is 3.11. The summed E-state index contributed by atoms with van der Waals surface area (Å²) in [5, 5.41) is 0.715. The van der Waals surface area contributed by atoms with E-state index in [0.29, 0.717) is 16.3 Å². The zero-order chi connectivity index (χ0) is 9.84. The van der Waals surface area contributed by atoms with E-state index < -0.39 is 5.97 Å². The summed E-state index contributed by atoms with van der Waals surface area (Å²) in [5.41, 5.74) is 6.50. The summed E-state index contributed by atoms with van der Waals surface area (Å²) in [6, 6.07) is 1.56. The van der Waals surface area contributed by atoms with Gasteiger partial charge in [-0.15, -0.1) is 11.8 Å². The van der Waals surface area contributed by atoms with E-state index in [1.54, 1.807) is 6.07 Å². The summed E-state index contributed by atoms with van der Waals surface area (Å²) in [5.74, 6) is -0.424. The number of nitrogen functional groups attached to an aromatic ring is 1. The standard InChI is InChI=1S/C8H10N2O2S/c1-12-8(11)5-3-6(9)7(13-2)10-4-5/h3-4H,9H2,1-2H3. The molecule has 0 aliphatic rings. The molecule has 0 radical (unpaired) electrons. The first-order valence-corrected chi connectivity index (χ1v) is 4.79. The second-order valence-electron chi connectivity index (χ2n) is 2.31. The molecule has 0 atom stereocenters. The van der Waals surface area contributed by atoms with Crippen LogP contribution in [0.15, 0.2) is 17.3 Å². The number of nitrogens with two attached hydrogens (primary N) is 1. The van der Waals surface area contributed by atoms with Gasteiger partial charge in [0.05, 0.1) is 18.4 Å². The van der Waals surface area contributed by atoms with Gasteiger partial charge in [-0.05, 0) is 12.3 Å². The van der Waals surface area contributed by atoms with Gasteiger partial charge in [-0.25, -0.2) is 9.78 Å². The molecule has 4 nitrogen and oxygen atoms in total. The summed E-state index contributed by atoms with van der Waals surface area (Å²) in [6.45, 7) is 0. The number of pyridine rings is 1. The first kappa shape index (κ1) is 9.85. The largest absolute Gasteiger partial charge is 0.465 e. The van der Waals surface area contributed by atoms with Crippen LogP contribution in [0, 0.1) is 0 Å². The maximum Gasteiger partial charge on any atom is 0.339 e. The highest BCUT2D eigenvalue weighted by molar-refractivity contribution is 7.98. The highest BCUT2D eigenvalue weighted by atomic mass is 32.2. The first-order chi connectivity index (χ1) is 6.19. The molecule has 0 fully saturated rings. The molecule has 1 aromatic heterocycles. The summed E-state index contributed by atoms with van der Waals surface area (Å²) >= 11 is 1.44. The number of esters is 1. The van der Waals surface area contributed by atoms with E-state index in [1.165, 1.54) is 25.1 Å². The van der Waals surface area contributed by atoms with Crippen LogP contribution in [0.5, 0.6) is 0 Å². The van der Waals surface area contributed by atoms with Gasteiger partial charge in [0.25, 0.3) is 0 Å². The molecule has 0 saturated carbocycles. The minimum absolute atomic E-state index is 0.373. The molecule has 1 rings (SSSR count). The minimum atomic E-state index is -0.424. The lowest BCUT2D eigenvalue weighted by molar-refractivity contribution is 0.0600. The first-order valence-electron chi connectivity index (χ1n) is 3.57. The highest BCUT2D eigenvalue weighted by Gasteiger charge is 2.08. The van der Waals surface area contributed by atoms with E-state index in [2.05, 4.69) is 9.72 Å². The van der Waals surface area contributed by atoms with Crippen molar-refractivity contribution in [2.75, 3.05) is 19.1 Å². The van der Waals surface area contributed by atoms with Crippen molar-refractivity contribution in [2.24, 2.45) is 0 Å². The highest BCUT2D eigenvalue weighted by Crippen LogP contribution is 2.20. The van der Waals surface area contributed by atoms with Crippen LogP contribution in [0.1, 0.15) is 10.4 Å². The predicted octanol–water partition coefficient (Wildman–Crippen LogP) is 1.17. The lowest BCUT2D eigenvalue weighted by Gasteiger charge is -2.03. The monoisotopic (exact) mass is 198 g/mol. The Morgan fingerprint density at radius 1 is 1.69 bits per heavy atom. The average molecular weight is 198 g/mol. The summed E-state index contributed by atoms with van der Waals surface area (Å²) in [4.78, 5) is 15.0. The topological polar surface area (TPSA) is 65.2 Å². The minimum Gasteiger partial charge on any atom is -0.465 e. The Hall–Kier alpha value is -1.23. The van der Waals surface area contributed by atoms with Crippen molar-refractivity contribution < 1.29 is 9.53 Å². The number of carbonyl (C=O) groups is 1. The predicted molar refractivity (Wildman–Crippen MR) is 51.8 cm³/mol. The van der Waals surface area contributed by atoms with Crippen molar-refractivity contribution in [1.82, 2.24) is 4.98 Å². The maximum atomic E-state index is 11.0. The van der Waals surface area contributed by atoms with E-state index in [0.717, 1.165) is 0 Å². The Labute approximate surface area is 80.5 Å². The molecule has 70 valence electrons. The van der Waals surface area contributed by atoms with Crippen molar-refractivity contribution in [3.05, 3.63) is 17.8 Å². The van der Waals surface area contributed by atoms with Gasteiger partial charge >= 0.3 is 5.97 Å². The Morgan fingerprint density at radius 3 is 2.85 bits per heavy atom. The zero-order valence-electron chi connectivity index (χ0n) is 7.40. The van der Waals surface area contributed by atoms with E-state index in [4.69, 9.17) is 5.73 Å². The maximum absolute atomic E-state index is 11.0. The van der Waals surface area contributed by atoms with Crippen molar-refractivity contribution >= 4 is 23.4 Å². The van der Waals surface area contributed by atoms with Gasteiger partial charge in [0, 0.05) is 6.20 Å². The van der Waals surface area contributed by atoms with Crippen molar-refractivity contribution in [2.45, 2.75) is 5.03 Å². The van der Waals surface area contributed by atoms with Gasteiger partial charge in [-0.2, -0.15) is 0 Å². The molecule has 0 aromatic carbocycles. The Kier molecular flexibility index (Phi) is 3.13. The molecule has 1 heterocycles. The molecule has 2 N–H and O–H groups in total. The van der Waals surface area contributed by atoms with E-state index >= 15 is 0 Å². The molecule has 0 unspecified atom stereocenters. The van der Waals surface area contributed by atoms with Crippen LogP contribution in [-0.4, -0.2) is 24.3 Å². The number of thioether (sulfide) groups is 1. The van der Waals surface area contributed by atoms with E-state index in [9.17, 15) is 4.79 Å². The molecule has 0 aliphatic heterocycles. The molecule has 5 heteroatoms. The van der Waals surface area contributed by atoms with E-state index in [1.807, 2.05) is 6.26 Å². The van der Waals surface area contributed by atoms with Crippen LogP contribution in [0.3, 0.4) is 0 Å². The smallest absolute Gasteiger partial charge is 0.339 e. The normalized spacial score (nSPS) is 9.69. The Balaban J connectivity index is 3.02. The SMILES string of the molecule is COC(=O)c1cnc(SC)c(N)c1. The van der Waals surface area contributed by atoms with Gasteiger partial charge in [0.15, 0.2) is 0 Å². The number of anilines is 1. The third kappa shape index (κ3) is 2.12. The fourth-order valence-electron chi connectivity index (χ4n) is 0.869. The van der Waals surface area contributed by atoms with Crippen molar-refractivity contribution in [3.8, 4) is 0 Å². The molecule has 0 saturated heterocycles. The van der Waals surface area contributed by atoms with Gasteiger partial charge in [0.1, 0.15) is 5.03 Å².